The number of guanidine groups is 1. The minimum atomic E-state index is -0.187. The van der Waals surface area contributed by atoms with Gasteiger partial charge in [0.25, 0.3) is 0 Å². The van der Waals surface area contributed by atoms with Gasteiger partial charge in [0.05, 0.1) is 0 Å². The fraction of sp³-hybridized carbons (Fsp3) is 0.440. The summed E-state index contributed by atoms with van der Waals surface area (Å²) in [5.74, 6) is 0.969. The highest BCUT2D eigenvalue weighted by Crippen LogP contribution is 2.18. The Morgan fingerprint density at radius 2 is 1.91 bits per heavy atom. The van der Waals surface area contributed by atoms with E-state index in [2.05, 4.69) is 27.8 Å². The second-order valence-electron chi connectivity index (χ2n) is 8.62. The Morgan fingerprint density at radius 1 is 1.15 bits per heavy atom. The molecule has 1 saturated heterocycles. The number of aliphatic imine (C=N–C) groups is 1. The summed E-state index contributed by atoms with van der Waals surface area (Å²) >= 11 is 0. The molecule has 1 heterocycles. The Hall–Kier alpha value is -2.20. The van der Waals surface area contributed by atoms with Crippen molar-refractivity contribution < 1.29 is 9.18 Å². The highest BCUT2D eigenvalue weighted by atomic mass is 127. The zero-order valence-corrected chi connectivity index (χ0v) is 22.0. The van der Waals surface area contributed by atoms with Gasteiger partial charge in [-0.25, -0.2) is 4.39 Å². The molecule has 0 aliphatic carbocycles. The van der Waals surface area contributed by atoms with Crippen molar-refractivity contribution in [1.82, 2.24) is 20.4 Å². The van der Waals surface area contributed by atoms with Crippen LogP contribution in [0.25, 0.3) is 0 Å². The second-order valence-corrected chi connectivity index (χ2v) is 8.62. The van der Waals surface area contributed by atoms with Crippen molar-refractivity contribution in [2.24, 2.45) is 10.9 Å². The van der Waals surface area contributed by atoms with Crippen molar-refractivity contribution in [1.29, 1.82) is 0 Å². The van der Waals surface area contributed by atoms with Gasteiger partial charge in [-0.2, -0.15) is 0 Å². The molecule has 2 aromatic carbocycles. The summed E-state index contributed by atoms with van der Waals surface area (Å²) in [6, 6.07) is 15.4. The van der Waals surface area contributed by atoms with Crippen molar-refractivity contribution in [2.45, 2.75) is 25.9 Å². The van der Waals surface area contributed by atoms with E-state index in [9.17, 15) is 9.18 Å². The first-order valence-electron chi connectivity index (χ1n) is 11.1. The van der Waals surface area contributed by atoms with E-state index in [0.717, 1.165) is 25.1 Å². The topological polar surface area (TPSA) is 60.0 Å². The molecule has 0 aromatic heterocycles. The molecular formula is C25H35FIN5O. The van der Waals surface area contributed by atoms with Crippen LogP contribution in [-0.4, -0.2) is 62.4 Å². The zero-order chi connectivity index (χ0) is 22.9. The number of carbonyl (C=O) groups is 1. The first kappa shape index (κ1) is 27.0. The molecule has 1 amide bonds. The van der Waals surface area contributed by atoms with Gasteiger partial charge in [-0.05, 0) is 43.8 Å². The van der Waals surface area contributed by atoms with Gasteiger partial charge in [0.1, 0.15) is 5.82 Å². The molecule has 1 aliphatic heterocycles. The summed E-state index contributed by atoms with van der Waals surface area (Å²) in [5.41, 5.74) is 2.92. The van der Waals surface area contributed by atoms with Crippen molar-refractivity contribution in [2.75, 3.05) is 40.8 Å². The molecule has 3 rings (SSSR count). The molecular weight excluding hydrogens is 532 g/mol. The molecule has 1 fully saturated rings. The number of hydrogen-bond acceptors (Lipinski definition) is 3. The number of benzene rings is 2. The smallest absolute Gasteiger partial charge is 0.223 e. The number of likely N-dealkylation sites (tertiary alicyclic amines) is 1. The molecule has 0 radical (unpaired) electrons. The molecule has 180 valence electrons. The van der Waals surface area contributed by atoms with Gasteiger partial charge < -0.3 is 20.4 Å². The first-order valence-corrected chi connectivity index (χ1v) is 11.1. The molecule has 33 heavy (non-hydrogen) atoms. The lowest BCUT2D eigenvalue weighted by Gasteiger charge is -2.18. The van der Waals surface area contributed by atoms with E-state index in [1.807, 2.05) is 48.2 Å². The molecule has 1 atom stereocenters. The van der Waals surface area contributed by atoms with Gasteiger partial charge in [0, 0.05) is 57.7 Å². The highest BCUT2D eigenvalue weighted by molar-refractivity contribution is 14.0. The standard InChI is InChI=1S/C25H34FN5O.HI/c1-27-25(28-15-20-9-10-23(26)22(13-20)18-30(2)3)29-16-21-14-24(32)31(17-21)12-11-19-7-5-4-6-8-19;/h4-10,13,21H,11-12,14-18H2,1-3H3,(H2,27,28,29);1H. The molecule has 2 aromatic rings. The molecule has 0 saturated carbocycles. The fourth-order valence-corrected chi connectivity index (χ4v) is 3.96. The maximum atomic E-state index is 14.0. The fourth-order valence-electron chi connectivity index (χ4n) is 3.96. The third kappa shape index (κ3) is 8.58. The number of halogens is 2. The number of amides is 1. The number of nitrogens with one attached hydrogen (secondary N) is 2. The minimum absolute atomic E-state index is 0. The summed E-state index contributed by atoms with van der Waals surface area (Å²) in [6.07, 6.45) is 1.44. The Morgan fingerprint density at radius 3 is 2.61 bits per heavy atom. The molecule has 0 spiro atoms. The van der Waals surface area contributed by atoms with Crippen LogP contribution in [0.2, 0.25) is 0 Å². The van der Waals surface area contributed by atoms with Gasteiger partial charge >= 0.3 is 0 Å². The summed E-state index contributed by atoms with van der Waals surface area (Å²) in [6.45, 7) is 3.31. The largest absolute Gasteiger partial charge is 0.356 e. The van der Waals surface area contributed by atoms with E-state index in [1.54, 1.807) is 13.1 Å². The summed E-state index contributed by atoms with van der Waals surface area (Å²) in [7, 11) is 5.57. The van der Waals surface area contributed by atoms with Crippen LogP contribution in [0.5, 0.6) is 0 Å². The molecule has 1 unspecified atom stereocenters. The molecule has 8 heteroatoms. The SMILES string of the molecule is CN=C(NCc1ccc(F)c(CN(C)C)c1)NCC1CC(=O)N(CCc2ccccc2)C1.I. The average molecular weight is 567 g/mol. The van der Waals surface area contributed by atoms with Crippen molar-refractivity contribution in [3.63, 3.8) is 0 Å². The van der Waals surface area contributed by atoms with Crippen molar-refractivity contribution >= 4 is 35.8 Å². The lowest BCUT2D eigenvalue weighted by molar-refractivity contribution is -0.127. The van der Waals surface area contributed by atoms with Crippen LogP contribution < -0.4 is 10.6 Å². The van der Waals surface area contributed by atoms with Gasteiger partial charge in [0.15, 0.2) is 5.96 Å². The quantitative estimate of drug-likeness (QED) is 0.278. The highest BCUT2D eigenvalue weighted by Gasteiger charge is 2.29. The second kappa shape index (κ2) is 13.5. The van der Waals surface area contributed by atoms with Crippen LogP contribution in [0.4, 0.5) is 4.39 Å². The summed E-state index contributed by atoms with van der Waals surface area (Å²) in [5, 5.41) is 6.62. The van der Waals surface area contributed by atoms with Crippen LogP contribution in [0.1, 0.15) is 23.1 Å². The lowest BCUT2D eigenvalue weighted by atomic mass is 10.1. The zero-order valence-electron chi connectivity index (χ0n) is 19.7. The maximum absolute atomic E-state index is 14.0. The maximum Gasteiger partial charge on any atom is 0.223 e. The predicted molar refractivity (Wildman–Crippen MR) is 142 cm³/mol. The Balaban J connectivity index is 0.00000385. The Kier molecular flexibility index (Phi) is 11.1. The van der Waals surface area contributed by atoms with Crippen LogP contribution in [-0.2, 0) is 24.3 Å². The van der Waals surface area contributed by atoms with E-state index < -0.39 is 0 Å². The van der Waals surface area contributed by atoms with E-state index in [4.69, 9.17) is 0 Å². The third-order valence-electron chi connectivity index (χ3n) is 5.65. The Bertz CT molecular complexity index is 922. The van der Waals surface area contributed by atoms with E-state index in [0.29, 0.717) is 37.6 Å². The van der Waals surface area contributed by atoms with E-state index in [-0.39, 0.29) is 41.6 Å². The predicted octanol–water partition coefficient (Wildman–Crippen LogP) is 3.26. The lowest BCUT2D eigenvalue weighted by Crippen LogP contribution is -2.40. The van der Waals surface area contributed by atoms with Crippen LogP contribution in [0.15, 0.2) is 53.5 Å². The summed E-state index contributed by atoms with van der Waals surface area (Å²) in [4.78, 5) is 20.6. The van der Waals surface area contributed by atoms with Gasteiger partial charge in [-0.3, -0.25) is 9.79 Å². The van der Waals surface area contributed by atoms with Crippen LogP contribution in [0, 0.1) is 11.7 Å². The third-order valence-corrected chi connectivity index (χ3v) is 5.65. The van der Waals surface area contributed by atoms with Crippen LogP contribution in [0.3, 0.4) is 0 Å². The molecule has 1 aliphatic rings. The monoisotopic (exact) mass is 567 g/mol. The van der Waals surface area contributed by atoms with E-state index in [1.165, 1.54) is 11.6 Å². The number of rotatable bonds is 9. The minimum Gasteiger partial charge on any atom is -0.356 e. The van der Waals surface area contributed by atoms with Gasteiger partial charge in [-0.15, -0.1) is 24.0 Å². The van der Waals surface area contributed by atoms with Gasteiger partial charge in [-0.1, -0.05) is 36.4 Å². The average Bonchev–Trinajstić information content (AvgIpc) is 3.14. The molecule has 0 bridgehead atoms. The van der Waals surface area contributed by atoms with Crippen molar-refractivity contribution in [3.05, 3.63) is 71.0 Å². The van der Waals surface area contributed by atoms with E-state index >= 15 is 0 Å². The number of hydrogen-bond donors (Lipinski definition) is 2. The van der Waals surface area contributed by atoms with Crippen molar-refractivity contribution in [3.8, 4) is 0 Å². The molecule has 2 N–H and O–H groups in total. The normalized spacial score (nSPS) is 16.2. The Labute approximate surface area is 213 Å². The number of carbonyl (C=O) groups excluding carboxylic acids is 1. The van der Waals surface area contributed by atoms with Crippen LogP contribution >= 0.6 is 24.0 Å². The van der Waals surface area contributed by atoms with Gasteiger partial charge in [0.2, 0.25) is 5.91 Å². The number of nitrogens with zero attached hydrogens (tertiary/aromatic N) is 3. The molecule has 6 nitrogen and oxygen atoms in total. The summed E-state index contributed by atoms with van der Waals surface area (Å²) < 4.78 is 14.0. The first-order chi connectivity index (χ1) is 15.4.